The first-order valence-corrected chi connectivity index (χ1v) is 13.7. The maximum absolute atomic E-state index is 13.9. The van der Waals surface area contributed by atoms with Gasteiger partial charge in [0.05, 0.1) is 17.1 Å². The van der Waals surface area contributed by atoms with Crippen LogP contribution in [0, 0.1) is 5.82 Å². The quantitative estimate of drug-likeness (QED) is 0.301. The monoisotopic (exact) mass is 527 g/mol. The van der Waals surface area contributed by atoms with Gasteiger partial charge < -0.3 is 10.4 Å². The van der Waals surface area contributed by atoms with E-state index in [1.54, 1.807) is 18.2 Å². The Labute approximate surface area is 218 Å². The molecule has 0 atom stereocenters. The molecule has 0 saturated heterocycles. The van der Waals surface area contributed by atoms with Crippen LogP contribution in [0.3, 0.4) is 0 Å². The molecule has 0 fully saturated rings. The predicted octanol–water partition coefficient (Wildman–Crippen LogP) is 5.58. The van der Waals surface area contributed by atoms with Gasteiger partial charge >= 0.3 is 5.97 Å². The second-order valence-corrected chi connectivity index (χ2v) is 11.6. The summed E-state index contributed by atoms with van der Waals surface area (Å²) >= 11 is 0. The van der Waals surface area contributed by atoms with E-state index in [-0.39, 0.29) is 29.9 Å². The lowest BCUT2D eigenvalue weighted by Crippen LogP contribution is -2.31. The average molecular weight is 528 g/mol. The summed E-state index contributed by atoms with van der Waals surface area (Å²) in [7, 11) is -4.07. The van der Waals surface area contributed by atoms with Crippen molar-refractivity contribution in [3.63, 3.8) is 0 Å². The van der Waals surface area contributed by atoms with E-state index in [2.05, 4.69) is 31.1 Å². The van der Waals surface area contributed by atoms with Gasteiger partial charge in [-0.25, -0.2) is 17.8 Å². The SMILES string of the molecule is CCCCC(C)(C)c1ccc(CN(Cc2cccc(NCC(=O)O)n2)S(=O)(=O)c2cccc(F)c2)cc1. The maximum Gasteiger partial charge on any atom is 0.322 e. The van der Waals surface area contributed by atoms with Crippen LogP contribution in [0.25, 0.3) is 0 Å². The average Bonchev–Trinajstić information content (AvgIpc) is 2.86. The van der Waals surface area contributed by atoms with E-state index in [0.717, 1.165) is 30.9 Å². The van der Waals surface area contributed by atoms with E-state index in [1.807, 2.05) is 24.3 Å². The van der Waals surface area contributed by atoms with E-state index in [0.29, 0.717) is 11.5 Å². The third-order valence-corrected chi connectivity index (χ3v) is 8.04. The van der Waals surface area contributed by atoms with Crippen molar-refractivity contribution < 1.29 is 22.7 Å². The van der Waals surface area contributed by atoms with Gasteiger partial charge in [-0.15, -0.1) is 0 Å². The fourth-order valence-corrected chi connectivity index (χ4v) is 5.47. The molecule has 37 heavy (non-hydrogen) atoms. The Morgan fingerprint density at radius 1 is 1.05 bits per heavy atom. The summed E-state index contributed by atoms with van der Waals surface area (Å²) in [5, 5.41) is 11.6. The van der Waals surface area contributed by atoms with E-state index in [1.165, 1.54) is 28.1 Å². The van der Waals surface area contributed by atoms with Crippen LogP contribution >= 0.6 is 0 Å². The van der Waals surface area contributed by atoms with Crippen LogP contribution in [0.15, 0.2) is 71.6 Å². The first-order chi connectivity index (χ1) is 17.5. The van der Waals surface area contributed by atoms with Crippen LogP contribution in [0.2, 0.25) is 0 Å². The Morgan fingerprint density at radius 3 is 2.41 bits per heavy atom. The number of nitrogens with zero attached hydrogens (tertiary/aromatic N) is 2. The molecule has 2 N–H and O–H groups in total. The molecule has 1 aromatic heterocycles. The third kappa shape index (κ3) is 7.84. The van der Waals surface area contributed by atoms with Gasteiger partial charge in [0.15, 0.2) is 0 Å². The molecule has 0 radical (unpaired) electrons. The first-order valence-electron chi connectivity index (χ1n) is 12.3. The number of benzene rings is 2. The van der Waals surface area contributed by atoms with Gasteiger partial charge in [0.25, 0.3) is 0 Å². The molecular formula is C28H34FN3O4S. The van der Waals surface area contributed by atoms with Crippen LogP contribution in [0.5, 0.6) is 0 Å². The number of anilines is 1. The minimum absolute atomic E-state index is 0.00911. The van der Waals surface area contributed by atoms with E-state index >= 15 is 0 Å². The number of hydrogen-bond acceptors (Lipinski definition) is 5. The van der Waals surface area contributed by atoms with Crippen molar-refractivity contribution >= 4 is 21.8 Å². The van der Waals surface area contributed by atoms with Gasteiger partial charge in [0.2, 0.25) is 10.0 Å². The second kappa shape index (κ2) is 12.3. The standard InChI is InChI=1S/C28H34FN3O4S/c1-4-5-16-28(2,3)22-14-12-21(13-15-22)19-32(37(35,36)25-10-6-8-23(29)17-25)20-24-9-7-11-26(31-24)30-18-27(33)34/h6-15,17H,4-5,16,18-20H2,1-3H3,(H,30,31)(H,33,34). The molecule has 3 aromatic rings. The van der Waals surface area contributed by atoms with Crippen molar-refractivity contribution in [3.05, 3.63) is 89.4 Å². The molecule has 0 amide bonds. The minimum Gasteiger partial charge on any atom is -0.480 e. The van der Waals surface area contributed by atoms with Crippen molar-refractivity contribution in [2.45, 2.75) is 63.4 Å². The summed E-state index contributed by atoms with van der Waals surface area (Å²) in [4.78, 5) is 15.1. The normalized spacial score (nSPS) is 12.0. The second-order valence-electron chi connectivity index (χ2n) is 9.68. The summed E-state index contributed by atoms with van der Waals surface area (Å²) in [5.41, 5.74) is 2.40. The number of carbonyl (C=O) groups is 1. The number of aromatic nitrogens is 1. The van der Waals surface area contributed by atoms with Crippen molar-refractivity contribution in [2.24, 2.45) is 0 Å². The Morgan fingerprint density at radius 2 is 1.76 bits per heavy atom. The molecular weight excluding hydrogens is 493 g/mol. The summed E-state index contributed by atoms with van der Waals surface area (Å²) in [6.07, 6.45) is 3.30. The number of nitrogens with one attached hydrogen (secondary N) is 1. The Hall–Kier alpha value is -3.30. The number of carboxylic acids is 1. The minimum atomic E-state index is -4.07. The lowest BCUT2D eigenvalue weighted by molar-refractivity contribution is -0.134. The maximum atomic E-state index is 13.9. The number of carboxylic acid groups (broad SMARTS) is 1. The predicted molar refractivity (Wildman–Crippen MR) is 142 cm³/mol. The molecule has 0 aliphatic rings. The summed E-state index contributed by atoms with van der Waals surface area (Å²) in [6.45, 7) is 6.24. The molecule has 3 rings (SSSR count). The number of sulfonamides is 1. The molecule has 198 valence electrons. The third-order valence-electron chi connectivity index (χ3n) is 6.25. The van der Waals surface area contributed by atoms with Gasteiger partial charge in [-0.05, 0) is 53.3 Å². The van der Waals surface area contributed by atoms with Crippen molar-refractivity contribution in [3.8, 4) is 0 Å². The molecule has 2 aromatic carbocycles. The summed E-state index contributed by atoms with van der Waals surface area (Å²) in [5.74, 6) is -1.36. The summed E-state index contributed by atoms with van der Waals surface area (Å²) in [6, 6.07) is 17.8. The Balaban J connectivity index is 1.91. The summed E-state index contributed by atoms with van der Waals surface area (Å²) < 4.78 is 42.3. The molecule has 1 heterocycles. The number of unbranched alkanes of at least 4 members (excludes halogenated alkanes) is 1. The van der Waals surface area contributed by atoms with Crippen molar-refractivity contribution in [1.29, 1.82) is 0 Å². The van der Waals surface area contributed by atoms with E-state index < -0.39 is 21.8 Å². The van der Waals surface area contributed by atoms with Gasteiger partial charge in [-0.2, -0.15) is 4.31 Å². The smallest absolute Gasteiger partial charge is 0.322 e. The number of rotatable bonds is 13. The molecule has 0 unspecified atom stereocenters. The zero-order valence-corrected chi connectivity index (χ0v) is 22.3. The van der Waals surface area contributed by atoms with Crippen LogP contribution < -0.4 is 5.32 Å². The molecule has 0 saturated carbocycles. The zero-order chi connectivity index (χ0) is 27.1. The van der Waals surface area contributed by atoms with Gasteiger partial charge in [0.1, 0.15) is 18.2 Å². The van der Waals surface area contributed by atoms with E-state index in [9.17, 15) is 17.6 Å². The van der Waals surface area contributed by atoms with Crippen molar-refractivity contribution in [1.82, 2.24) is 9.29 Å². The van der Waals surface area contributed by atoms with E-state index in [4.69, 9.17) is 5.11 Å². The lowest BCUT2D eigenvalue weighted by Gasteiger charge is -2.26. The first kappa shape index (κ1) is 28.3. The number of pyridine rings is 1. The van der Waals surface area contributed by atoms with Gasteiger partial charge in [-0.3, -0.25) is 4.79 Å². The topological polar surface area (TPSA) is 99.6 Å². The molecule has 7 nitrogen and oxygen atoms in total. The van der Waals surface area contributed by atoms with Gasteiger partial charge in [-0.1, -0.05) is 70.0 Å². The molecule has 0 aliphatic heterocycles. The highest BCUT2D eigenvalue weighted by atomic mass is 32.2. The largest absolute Gasteiger partial charge is 0.480 e. The van der Waals surface area contributed by atoms with Crippen LogP contribution in [0.4, 0.5) is 10.2 Å². The number of hydrogen-bond donors (Lipinski definition) is 2. The molecule has 0 spiro atoms. The highest BCUT2D eigenvalue weighted by molar-refractivity contribution is 7.89. The highest BCUT2D eigenvalue weighted by Crippen LogP contribution is 2.30. The number of halogens is 1. The van der Waals surface area contributed by atoms with Gasteiger partial charge in [0, 0.05) is 6.54 Å². The fraction of sp³-hybridized carbons (Fsp3) is 0.357. The lowest BCUT2D eigenvalue weighted by atomic mass is 9.80. The Bertz CT molecular complexity index is 1310. The highest BCUT2D eigenvalue weighted by Gasteiger charge is 2.27. The molecule has 9 heteroatoms. The zero-order valence-electron chi connectivity index (χ0n) is 21.4. The number of aliphatic carboxylic acids is 1. The Kier molecular flexibility index (Phi) is 9.39. The fourth-order valence-electron chi connectivity index (χ4n) is 4.04. The van der Waals surface area contributed by atoms with Crippen LogP contribution in [-0.2, 0) is 33.3 Å². The van der Waals surface area contributed by atoms with Crippen LogP contribution in [-0.4, -0.2) is 35.3 Å². The molecule has 0 bridgehead atoms. The molecule has 0 aliphatic carbocycles. The van der Waals surface area contributed by atoms with Crippen molar-refractivity contribution in [2.75, 3.05) is 11.9 Å². The van der Waals surface area contributed by atoms with Crippen LogP contribution in [0.1, 0.15) is 56.9 Å².